The Hall–Kier alpha value is -2.50. The van der Waals surface area contributed by atoms with Gasteiger partial charge in [-0.15, -0.1) is 0 Å². The Bertz CT molecular complexity index is 1240. The molecule has 2 heterocycles. The van der Waals surface area contributed by atoms with Crippen LogP contribution >= 0.6 is 0 Å². The quantitative estimate of drug-likeness (QED) is 0.658. The maximum absolute atomic E-state index is 13.4. The zero-order chi connectivity index (χ0) is 23.1. The lowest BCUT2D eigenvalue weighted by Gasteiger charge is -2.37. The van der Waals surface area contributed by atoms with Crippen LogP contribution < -0.4 is 10.0 Å². The third-order valence-corrected chi connectivity index (χ3v) is 8.61. The van der Waals surface area contributed by atoms with E-state index in [1.54, 1.807) is 16.4 Å². The summed E-state index contributed by atoms with van der Waals surface area (Å²) in [6.07, 6.45) is 3.86. The van der Waals surface area contributed by atoms with Gasteiger partial charge in [-0.3, -0.25) is 9.52 Å². The number of carbonyl (C=O) groups is 1. The SMILES string of the molecule is CS(=O)(=O)N1C2CCC1CC(NC(=O)c1cccc(NS(=O)(=O)c3cccc(F)c3)c1)C2. The smallest absolute Gasteiger partial charge is 0.261 e. The van der Waals surface area contributed by atoms with E-state index in [9.17, 15) is 26.0 Å². The number of sulfonamides is 2. The van der Waals surface area contributed by atoms with Gasteiger partial charge in [0.2, 0.25) is 10.0 Å². The number of hydrogen-bond acceptors (Lipinski definition) is 5. The van der Waals surface area contributed by atoms with Gasteiger partial charge in [-0.25, -0.2) is 21.2 Å². The molecule has 2 unspecified atom stereocenters. The van der Waals surface area contributed by atoms with Gasteiger partial charge in [0.25, 0.3) is 15.9 Å². The summed E-state index contributed by atoms with van der Waals surface area (Å²) < 4.78 is 66.4. The van der Waals surface area contributed by atoms with Crippen LogP contribution in [0.25, 0.3) is 0 Å². The van der Waals surface area contributed by atoms with Crippen molar-refractivity contribution in [3.05, 3.63) is 59.9 Å². The number of anilines is 1. The average Bonchev–Trinajstić information content (AvgIpc) is 3.00. The van der Waals surface area contributed by atoms with Gasteiger partial charge in [0.15, 0.2) is 0 Å². The standard InChI is InChI=1S/C21H24FN3O5S2/c1-31(27,28)25-18-8-9-19(25)13-17(12-18)23-21(26)14-4-2-6-16(10-14)24-32(29,30)20-7-3-5-15(22)11-20/h2-7,10-11,17-19,24H,8-9,12-13H2,1H3,(H,23,26). The number of nitrogens with one attached hydrogen (secondary N) is 2. The lowest BCUT2D eigenvalue weighted by Crippen LogP contribution is -2.52. The van der Waals surface area contributed by atoms with Gasteiger partial charge in [0, 0.05) is 29.4 Å². The van der Waals surface area contributed by atoms with Gasteiger partial charge < -0.3 is 5.32 Å². The van der Waals surface area contributed by atoms with E-state index in [1.165, 1.54) is 30.5 Å². The molecule has 2 atom stereocenters. The largest absolute Gasteiger partial charge is 0.349 e. The molecule has 0 aliphatic carbocycles. The summed E-state index contributed by atoms with van der Waals surface area (Å²) in [6, 6.07) is 10.3. The van der Waals surface area contributed by atoms with Crippen molar-refractivity contribution in [3.63, 3.8) is 0 Å². The first-order valence-electron chi connectivity index (χ1n) is 10.2. The molecular weight excluding hydrogens is 457 g/mol. The van der Waals surface area contributed by atoms with E-state index in [4.69, 9.17) is 0 Å². The van der Waals surface area contributed by atoms with Crippen LogP contribution in [0, 0.1) is 5.82 Å². The predicted molar refractivity (Wildman–Crippen MR) is 118 cm³/mol. The average molecular weight is 482 g/mol. The minimum atomic E-state index is -4.02. The molecule has 172 valence electrons. The number of benzene rings is 2. The number of amides is 1. The number of rotatable bonds is 6. The van der Waals surface area contributed by atoms with Crippen molar-refractivity contribution < 1.29 is 26.0 Å². The van der Waals surface area contributed by atoms with Gasteiger partial charge in [-0.1, -0.05) is 12.1 Å². The predicted octanol–water partition coefficient (Wildman–Crippen LogP) is 2.31. The van der Waals surface area contributed by atoms with E-state index in [2.05, 4.69) is 10.0 Å². The Morgan fingerprint density at radius 3 is 2.28 bits per heavy atom. The van der Waals surface area contributed by atoms with Gasteiger partial charge in [-0.05, 0) is 62.1 Å². The Kier molecular flexibility index (Phi) is 5.99. The molecule has 4 rings (SSSR count). The Labute approximate surface area is 186 Å². The molecule has 2 saturated heterocycles. The first kappa shape index (κ1) is 22.7. The third kappa shape index (κ3) is 4.79. The van der Waals surface area contributed by atoms with Crippen LogP contribution in [-0.2, 0) is 20.0 Å². The third-order valence-electron chi connectivity index (χ3n) is 5.87. The number of fused-ring (bicyclic) bond motifs is 2. The highest BCUT2D eigenvalue weighted by molar-refractivity contribution is 7.92. The summed E-state index contributed by atoms with van der Waals surface area (Å²) in [5, 5.41) is 2.95. The maximum atomic E-state index is 13.4. The maximum Gasteiger partial charge on any atom is 0.261 e. The highest BCUT2D eigenvalue weighted by atomic mass is 32.2. The summed E-state index contributed by atoms with van der Waals surface area (Å²) in [7, 11) is -7.30. The molecule has 0 saturated carbocycles. The second kappa shape index (κ2) is 8.45. The van der Waals surface area contributed by atoms with Gasteiger partial charge in [-0.2, -0.15) is 4.31 Å². The number of piperidine rings is 1. The minimum Gasteiger partial charge on any atom is -0.349 e. The van der Waals surface area contributed by atoms with Crippen LogP contribution in [-0.4, -0.2) is 51.4 Å². The van der Waals surface area contributed by atoms with E-state index >= 15 is 0 Å². The fourth-order valence-electron chi connectivity index (χ4n) is 4.63. The topological polar surface area (TPSA) is 113 Å². The molecule has 0 radical (unpaired) electrons. The van der Waals surface area contributed by atoms with Gasteiger partial charge in [0.05, 0.1) is 11.2 Å². The molecule has 2 aliphatic rings. The monoisotopic (exact) mass is 481 g/mol. The fourth-order valence-corrected chi connectivity index (χ4v) is 7.18. The summed E-state index contributed by atoms with van der Waals surface area (Å²) in [5.74, 6) is -1.04. The molecule has 0 aromatic heterocycles. The number of hydrogen-bond donors (Lipinski definition) is 2. The van der Waals surface area contributed by atoms with Gasteiger partial charge >= 0.3 is 0 Å². The van der Waals surface area contributed by atoms with Crippen LogP contribution in [0.2, 0.25) is 0 Å². The summed E-state index contributed by atoms with van der Waals surface area (Å²) >= 11 is 0. The number of halogens is 1. The van der Waals surface area contributed by atoms with Gasteiger partial charge in [0.1, 0.15) is 5.82 Å². The highest BCUT2D eigenvalue weighted by Gasteiger charge is 2.45. The van der Waals surface area contributed by atoms with Crippen molar-refractivity contribution in [1.82, 2.24) is 9.62 Å². The molecule has 2 fully saturated rings. The number of nitrogens with zero attached hydrogens (tertiary/aromatic N) is 1. The molecule has 0 spiro atoms. The summed E-state index contributed by atoms with van der Waals surface area (Å²) in [5.41, 5.74) is 0.441. The molecule has 2 bridgehead atoms. The van der Waals surface area contributed by atoms with Crippen LogP contribution in [0.4, 0.5) is 10.1 Å². The zero-order valence-corrected chi connectivity index (χ0v) is 19.0. The van der Waals surface area contributed by atoms with E-state index in [0.717, 1.165) is 25.0 Å². The van der Waals surface area contributed by atoms with Crippen molar-refractivity contribution >= 4 is 31.6 Å². The number of carbonyl (C=O) groups excluding carboxylic acids is 1. The van der Waals surface area contributed by atoms with Crippen LogP contribution in [0.15, 0.2) is 53.4 Å². The molecule has 32 heavy (non-hydrogen) atoms. The molecule has 11 heteroatoms. The highest BCUT2D eigenvalue weighted by Crippen LogP contribution is 2.37. The lowest BCUT2D eigenvalue weighted by atomic mass is 9.99. The summed E-state index contributed by atoms with van der Waals surface area (Å²) in [6.45, 7) is 0. The van der Waals surface area contributed by atoms with Crippen molar-refractivity contribution in [1.29, 1.82) is 0 Å². The Balaban J connectivity index is 1.44. The van der Waals surface area contributed by atoms with Crippen molar-refractivity contribution in [2.24, 2.45) is 0 Å². The molecule has 2 aromatic carbocycles. The van der Waals surface area contributed by atoms with Crippen molar-refractivity contribution in [2.45, 2.75) is 48.7 Å². The fraction of sp³-hybridized carbons (Fsp3) is 0.381. The zero-order valence-electron chi connectivity index (χ0n) is 17.4. The van der Waals surface area contributed by atoms with E-state index in [1.807, 2.05) is 0 Å². The van der Waals surface area contributed by atoms with Crippen molar-refractivity contribution in [3.8, 4) is 0 Å². The molecule has 2 aliphatic heterocycles. The second-order valence-corrected chi connectivity index (χ2v) is 11.8. The van der Waals surface area contributed by atoms with E-state index in [0.29, 0.717) is 12.8 Å². The molecule has 1 amide bonds. The van der Waals surface area contributed by atoms with E-state index < -0.39 is 25.9 Å². The van der Waals surface area contributed by atoms with E-state index in [-0.39, 0.29) is 40.2 Å². The Morgan fingerprint density at radius 1 is 1.00 bits per heavy atom. The van der Waals surface area contributed by atoms with Crippen LogP contribution in [0.1, 0.15) is 36.0 Å². The molecule has 2 N–H and O–H groups in total. The Morgan fingerprint density at radius 2 is 1.66 bits per heavy atom. The molecular formula is C21H24FN3O5S2. The van der Waals surface area contributed by atoms with Crippen LogP contribution in [0.3, 0.4) is 0 Å². The normalized spacial score (nSPS) is 23.6. The second-order valence-electron chi connectivity index (χ2n) is 8.26. The molecule has 2 aromatic rings. The van der Waals surface area contributed by atoms with Crippen LogP contribution in [0.5, 0.6) is 0 Å². The lowest BCUT2D eigenvalue weighted by molar-refractivity contribution is 0.0909. The minimum absolute atomic E-state index is 0.113. The first-order chi connectivity index (χ1) is 15.0. The summed E-state index contributed by atoms with van der Waals surface area (Å²) in [4.78, 5) is 12.6. The first-order valence-corrected chi connectivity index (χ1v) is 13.5. The molecule has 8 nitrogen and oxygen atoms in total. The van der Waals surface area contributed by atoms with Crippen molar-refractivity contribution in [2.75, 3.05) is 11.0 Å².